The van der Waals surface area contributed by atoms with Crippen molar-refractivity contribution >= 4 is 77.1 Å². The number of methoxy groups -OCH3 is 6. The van der Waals surface area contributed by atoms with Crippen LogP contribution in [0.15, 0.2) is 235 Å². The normalized spacial score (nSPS) is 10.9. The number of nitriles is 6. The molecule has 0 unspecified atom stereocenters. The van der Waals surface area contributed by atoms with E-state index in [2.05, 4.69) is 92.4 Å². The van der Waals surface area contributed by atoms with Crippen molar-refractivity contribution in [3.05, 3.63) is 276 Å². The molecule has 1 aliphatic heterocycles. The minimum Gasteiger partial charge on any atom is -0.497 e. The van der Waals surface area contributed by atoms with Gasteiger partial charge in [0.1, 0.15) is 88.0 Å². The molecule has 0 fully saturated rings. The molecule has 1 amide bonds. The zero-order chi connectivity index (χ0) is 92.4. The maximum absolute atomic E-state index is 12.6. The second kappa shape index (κ2) is 41.3. The van der Waals surface area contributed by atoms with Crippen molar-refractivity contribution in [2.75, 3.05) is 54.8 Å². The number of hydrogen-bond acceptors (Lipinski definition) is 17. The zero-order valence-electron chi connectivity index (χ0n) is 74.1. The van der Waals surface area contributed by atoms with Gasteiger partial charge in [0.15, 0.2) is 11.5 Å². The van der Waals surface area contributed by atoms with Crippen LogP contribution in [-0.4, -0.2) is 89.4 Å². The van der Waals surface area contributed by atoms with Crippen LogP contribution in [-0.2, 0) is 39.3 Å². The smallest absolute Gasteiger partial charge is 0.387 e. The Hall–Kier alpha value is -16.8. The largest absolute Gasteiger partial charge is 0.497 e. The number of hydrogen-bond donors (Lipinski definition) is 1. The molecule has 0 spiro atoms. The van der Waals surface area contributed by atoms with E-state index in [4.69, 9.17) is 47.6 Å². The van der Waals surface area contributed by atoms with Gasteiger partial charge >= 0.3 is 6.61 Å². The molecule has 654 valence electrons. The van der Waals surface area contributed by atoms with E-state index in [1.807, 2.05) is 218 Å². The number of halogens is 2. The van der Waals surface area contributed by atoms with Crippen LogP contribution >= 0.6 is 0 Å². The molecule has 10 aromatic carbocycles. The molecule has 26 heteroatoms. The number of rotatable bonds is 20. The monoisotopic (exact) mass is 1740 g/mol. The van der Waals surface area contributed by atoms with Crippen molar-refractivity contribution < 1.29 is 60.6 Å². The Balaban J connectivity index is 0.000000133. The molecule has 0 saturated heterocycles. The molecular formula is C104H93F2N13O11. The molecule has 0 radical (unpaired) electrons. The minimum atomic E-state index is -2.84. The van der Waals surface area contributed by atoms with E-state index in [0.29, 0.717) is 63.8 Å². The Bertz CT molecular complexity index is 7300. The highest BCUT2D eigenvalue weighted by Gasteiger charge is 2.27. The summed E-state index contributed by atoms with van der Waals surface area (Å²) in [6.07, 6.45) is 4.99. The summed E-state index contributed by atoms with van der Waals surface area (Å²) in [7, 11) is 9.84. The van der Waals surface area contributed by atoms with Crippen LogP contribution in [0.1, 0.15) is 90.8 Å². The minimum absolute atomic E-state index is 0.102. The molecule has 1 N–H and O–H groups in total. The lowest BCUT2D eigenvalue weighted by molar-refractivity contribution is -0.0497. The lowest BCUT2D eigenvalue weighted by atomic mass is 10.1. The fourth-order valence-corrected chi connectivity index (χ4v) is 16.4. The van der Waals surface area contributed by atoms with Crippen molar-refractivity contribution in [2.24, 2.45) is 0 Å². The molecular weight excluding hydrogens is 1650 g/mol. The SMILES string of the molecule is CCn1c(-c2ccc(OC)cc2)c(C#N)c2ccc(OC)cc21.CCn1c(-c2ccc3c(c2)OCO3)c(C#N)c2ccc(OC)cc21.CCn1c(-c2ccccc2)c(C#N)c2ccc(OC)cc21.CCn1c(-c2ccoc2)c(C#N)c2ccc(OC)cc21.CCn1c(NC(=O)c2cccc(C)c2)c(C#N)c2ccc(OC)cc21.CCn1cc(C#N)c2ccc(OC(F)F)cc21. The number of fused-ring (bicyclic) bond motifs is 7. The van der Waals surface area contributed by atoms with E-state index >= 15 is 0 Å². The van der Waals surface area contributed by atoms with Crippen molar-refractivity contribution in [2.45, 2.75) is 94.3 Å². The van der Waals surface area contributed by atoms with Crippen molar-refractivity contribution in [1.82, 2.24) is 27.4 Å². The first-order valence-corrected chi connectivity index (χ1v) is 41.8. The predicted molar refractivity (Wildman–Crippen MR) is 499 cm³/mol. The number of amides is 1. The van der Waals surface area contributed by atoms with Gasteiger partial charge in [-0.15, -0.1) is 0 Å². The van der Waals surface area contributed by atoms with E-state index in [9.17, 15) is 39.9 Å². The van der Waals surface area contributed by atoms with Crippen LogP contribution < -0.4 is 47.9 Å². The molecule has 1 aliphatic rings. The third kappa shape index (κ3) is 18.4. The van der Waals surface area contributed by atoms with Crippen molar-refractivity contribution in [3.8, 4) is 133 Å². The van der Waals surface area contributed by atoms with Crippen LogP contribution in [0.3, 0.4) is 0 Å². The van der Waals surface area contributed by atoms with E-state index < -0.39 is 6.61 Å². The van der Waals surface area contributed by atoms with E-state index in [-0.39, 0.29) is 18.4 Å². The average molecular weight is 1740 g/mol. The zero-order valence-corrected chi connectivity index (χ0v) is 74.1. The topological polar surface area (TPSA) is 298 Å². The number of aromatic nitrogens is 6. The number of nitrogens with zero attached hydrogens (tertiary/aromatic N) is 12. The number of alkyl halides is 2. The summed E-state index contributed by atoms with van der Waals surface area (Å²) >= 11 is 0. The molecule has 0 aliphatic carbocycles. The third-order valence-electron chi connectivity index (χ3n) is 22.4. The predicted octanol–water partition coefficient (Wildman–Crippen LogP) is 23.4. The summed E-state index contributed by atoms with van der Waals surface area (Å²) in [5.41, 5.74) is 18.5. The highest BCUT2D eigenvalue weighted by Crippen LogP contribution is 2.44. The van der Waals surface area contributed by atoms with E-state index in [1.165, 1.54) is 12.1 Å². The summed E-state index contributed by atoms with van der Waals surface area (Å²) in [5.74, 6) is 6.49. The first-order chi connectivity index (χ1) is 63.3. The maximum atomic E-state index is 12.6. The number of carbonyl (C=O) groups is 1. The van der Waals surface area contributed by atoms with Gasteiger partial charge < -0.3 is 79.8 Å². The number of ether oxygens (including phenoxy) is 9. The lowest BCUT2D eigenvalue weighted by Crippen LogP contribution is -2.16. The Morgan fingerprint density at radius 2 is 0.777 bits per heavy atom. The fraction of sp³-hybridized carbons (Fsp3) is 0.202. The van der Waals surface area contributed by atoms with Crippen LogP contribution in [0.4, 0.5) is 14.6 Å². The quantitative estimate of drug-likeness (QED) is 0.0741. The molecule has 17 aromatic rings. The first kappa shape index (κ1) is 90.9. The molecule has 0 bridgehead atoms. The van der Waals surface area contributed by atoms with Gasteiger partial charge in [-0.1, -0.05) is 48.0 Å². The Labute approximate surface area is 750 Å². The standard InChI is InChI=1S/C20H19N3O2.C19H16N2O3.C19H18N2O2.C18H16N2O.C16H14N2O2.C12H10F2N2O/c1-4-23-18-11-15(25-3)8-9-16(18)17(12-21)19(23)22-20(24)14-7-5-6-13(2)10-14;1-3-21-16-9-13(22-2)5-6-14(16)15(10-20)19(21)12-4-7-17-18(8-12)24-11-23-17;1-4-21-18-11-15(23-3)9-10-16(18)17(12-20)19(21)13-5-7-14(22-2)8-6-13;1-3-20-17-11-14(21-2)9-10-15(17)16(12-19)18(20)13-7-5-4-6-8-13;1-3-18-15-8-12(19-2)4-5-13(15)14(9-17)16(18)11-6-7-20-10-11;1-2-16-7-8(6-15)10-4-3-9(5-11(10)16)17-12(13)14/h5-11H,4H2,1-3H3,(H,22,24);4-9H,3,11H2,1-2H3;5-11H,4H2,1-3H3;4-11H,3H2,1-2H3;4-8,10H,3H2,1-2H3;3-5,7,12H,2H2,1H3. The summed E-state index contributed by atoms with van der Waals surface area (Å²) in [5, 5.41) is 65.4. The summed E-state index contributed by atoms with van der Waals surface area (Å²) < 4.78 is 88.6. The van der Waals surface area contributed by atoms with E-state index in [0.717, 1.165) is 182 Å². The van der Waals surface area contributed by atoms with Crippen molar-refractivity contribution in [3.63, 3.8) is 0 Å². The maximum Gasteiger partial charge on any atom is 0.387 e. The average Bonchev–Trinajstić information content (AvgIpc) is 1.74. The molecule has 7 aromatic heterocycles. The summed E-state index contributed by atoms with van der Waals surface area (Å²) in [6.45, 7) is 15.9. The number of aryl methyl sites for hydroxylation is 7. The van der Waals surface area contributed by atoms with Crippen LogP contribution in [0, 0.1) is 74.9 Å². The molecule has 0 saturated carbocycles. The van der Waals surface area contributed by atoms with Gasteiger partial charge in [0.05, 0.1) is 139 Å². The Morgan fingerprint density at radius 3 is 1.18 bits per heavy atom. The first-order valence-electron chi connectivity index (χ1n) is 41.8. The van der Waals surface area contributed by atoms with Crippen LogP contribution in [0.25, 0.3) is 110 Å². The van der Waals surface area contributed by atoms with Gasteiger partial charge in [0.2, 0.25) is 6.79 Å². The number of anilines is 1. The highest BCUT2D eigenvalue weighted by molar-refractivity contribution is 6.08. The van der Waals surface area contributed by atoms with Gasteiger partial charge in [-0.3, -0.25) is 4.79 Å². The van der Waals surface area contributed by atoms with Gasteiger partial charge in [0, 0.05) is 131 Å². The van der Waals surface area contributed by atoms with E-state index in [1.54, 1.807) is 73.5 Å². The second-order valence-corrected chi connectivity index (χ2v) is 29.3. The molecule has 0 atom stereocenters. The van der Waals surface area contributed by atoms with Gasteiger partial charge in [-0.2, -0.15) is 40.4 Å². The van der Waals surface area contributed by atoms with Crippen molar-refractivity contribution in [1.29, 1.82) is 31.6 Å². The second-order valence-electron chi connectivity index (χ2n) is 29.3. The number of nitrogens with one attached hydrogen (secondary N) is 1. The number of benzene rings is 10. The Morgan fingerprint density at radius 1 is 0.385 bits per heavy atom. The lowest BCUT2D eigenvalue weighted by Gasteiger charge is -2.10. The molecule has 8 heterocycles. The summed E-state index contributed by atoms with van der Waals surface area (Å²) in [4.78, 5) is 12.6. The van der Waals surface area contributed by atoms with Gasteiger partial charge in [-0.05, 0) is 193 Å². The molecule has 18 rings (SSSR count). The number of carbonyl (C=O) groups excluding carboxylic acids is 1. The molecule has 130 heavy (non-hydrogen) atoms. The van der Waals surface area contributed by atoms with Crippen LogP contribution in [0.2, 0.25) is 0 Å². The van der Waals surface area contributed by atoms with Gasteiger partial charge in [-0.25, -0.2) is 0 Å². The van der Waals surface area contributed by atoms with Crippen LogP contribution in [0.5, 0.6) is 51.7 Å². The Kier molecular flexibility index (Phi) is 28.9. The summed E-state index contributed by atoms with van der Waals surface area (Å²) in [6, 6.07) is 79.9. The molecule has 24 nitrogen and oxygen atoms in total. The number of furan rings is 1. The fourth-order valence-electron chi connectivity index (χ4n) is 16.4. The highest BCUT2D eigenvalue weighted by atomic mass is 19.3. The van der Waals surface area contributed by atoms with Gasteiger partial charge in [0.25, 0.3) is 5.91 Å². The third-order valence-corrected chi connectivity index (χ3v) is 22.4.